The van der Waals surface area contributed by atoms with Crippen LogP contribution in [-0.2, 0) is 0 Å². The second kappa shape index (κ2) is 3.59. The van der Waals surface area contributed by atoms with Gasteiger partial charge in [0.05, 0.1) is 0 Å². The maximum atomic E-state index is 11.5. The van der Waals surface area contributed by atoms with Gasteiger partial charge in [-0.05, 0) is 13.0 Å². The zero-order valence-electron chi connectivity index (χ0n) is 7.44. The van der Waals surface area contributed by atoms with Gasteiger partial charge in [-0.3, -0.25) is 15.2 Å². The predicted molar refractivity (Wildman–Crippen MR) is 53.4 cm³/mol. The molecule has 0 aliphatic heterocycles. The summed E-state index contributed by atoms with van der Waals surface area (Å²) >= 11 is 1.37. The van der Waals surface area contributed by atoms with E-state index in [0.29, 0.717) is 10.8 Å². The Hall–Kier alpha value is -1.69. The Bertz CT molecular complexity index is 434. The largest absolute Gasteiger partial charge is 0.296 e. The zero-order chi connectivity index (χ0) is 9.97. The number of aromatic amines is 1. The van der Waals surface area contributed by atoms with Crippen LogP contribution < -0.4 is 5.32 Å². The number of thiazole rings is 1. The van der Waals surface area contributed by atoms with Crippen molar-refractivity contribution in [1.82, 2.24) is 15.2 Å². The van der Waals surface area contributed by atoms with Gasteiger partial charge in [-0.2, -0.15) is 5.10 Å². The van der Waals surface area contributed by atoms with E-state index in [2.05, 4.69) is 20.5 Å². The summed E-state index contributed by atoms with van der Waals surface area (Å²) in [5.74, 6) is -0.246. The molecule has 0 bridgehead atoms. The van der Waals surface area contributed by atoms with E-state index < -0.39 is 0 Å². The average molecular weight is 208 g/mol. The standard InChI is InChI=1S/C8H8N4OS/c1-5-4-6(12-11-5)7(13)10-8-9-2-3-14-8/h2-4H,1H3,(H,11,12)(H,9,10,13). The van der Waals surface area contributed by atoms with Crippen LogP contribution in [0, 0.1) is 6.92 Å². The van der Waals surface area contributed by atoms with Crippen molar-refractivity contribution in [3.63, 3.8) is 0 Å². The molecule has 0 atom stereocenters. The smallest absolute Gasteiger partial charge is 0.277 e. The molecular weight excluding hydrogens is 200 g/mol. The minimum Gasteiger partial charge on any atom is -0.296 e. The van der Waals surface area contributed by atoms with Crippen LogP contribution in [0.4, 0.5) is 5.13 Å². The number of aryl methyl sites for hydroxylation is 1. The van der Waals surface area contributed by atoms with Crippen molar-refractivity contribution in [2.75, 3.05) is 5.32 Å². The zero-order valence-corrected chi connectivity index (χ0v) is 8.26. The third-order valence-electron chi connectivity index (χ3n) is 1.59. The molecule has 1 amide bonds. The Morgan fingerprint density at radius 3 is 3.07 bits per heavy atom. The van der Waals surface area contributed by atoms with Crippen LogP contribution in [0.3, 0.4) is 0 Å². The van der Waals surface area contributed by atoms with Crippen molar-refractivity contribution >= 4 is 22.4 Å². The van der Waals surface area contributed by atoms with Crippen molar-refractivity contribution in [1.29, 1.82) is 0 Å². The number of anilines is 1. The van der Waals surface area contributed by atoms with Crippen LogP contribution in [0.5, 0.6) is 0 Å². The molecule has 2 rings (SSSR count). The van der Waals surface area contributed by atoms with Crippen molar-refractivity contribution < 1.29 is 4.79 Å². The minimum atomic E-state index is -0.246. The molecule has 0 radical (unpaired) electrons. The summed E-state index contributed by atoms with van der Waals surface area (Å²) in [5.41, 5.74) is 1.23. The van der Waals surface area contributed by atoms with E-state index in [9.17, 15) is 4.79 Å². The molecule has 0 fully saturated rings. The first-order valence-electron chi connectivity index (χ1n) is 3.98. The summed E-state index contributed by atoms with van der Waals surface area (Å²) < 4.78 is 0. The van der Waals surface area contributed by atoms with Crippen LogP contribution in [-0.4, -0.2) is 21.1 Å². The Morgan fingerprint density at radius 1 is 1.64 bits per heavy atom. The van der Waals surface area contributed by atoms with E-state index in [1.807, 2.05) is 6.92 Å². The van der Waals surface area contributed by atoms with Gasteiger partial charge in [0.2, 0.25) is 0 Å². The third-order valence-corrected chi connectivity index (χ3v) is 2.28. The van der Waals surface area contributed by atoms with Crippen LogP contribution in [0.15, 0.2) is 17.6 Å². The maximum Gasteiger partial charge on any atom is 0.277 e. The Labute approximate surface area is 84.2 Å². The molecule has 0 unspecified atom stereocenters. The SMILES string of the molecule is Cc1cc(C(=O)Nc2nccs2)n[nH]1. The lowest BCUT2D eigenvalue weighted by Crippen LogP contribution is -2.11. The highest BCUT2D eigenvalue weighted by atomic mass is 32.1. The Morgan fingerprint density at radius 2 is 2.50 bits per heavy atom. The number of nitrogens with one attached hydrogen (secondary N) is 2. The van der Waals surface area contributed by atoms with Gasteiger partial charge in [0, 0.05) is 17.3 Å². The van der Waals surface area contributed by atoms with Crippen molar-refractivity contribution in [2.45, 2.75) is 6.92 Å². The van der Waals surface area contributed by atoms with Gasteiger partial charge in [0.15, 0.2) is 10.8 Å². The number of nitrogens with zero attached hydrogens (tertiary/aromatic N) is 2. The Kier molecular flexibility index (Phi) is 2.28. The van der Waals surface area contributed by atoms with E-state index in [1.54, 1.807) is 17.6 Å². The van der Waals surface area contributed by atoms with E-state index in [-0.39, 0.29) is 5.91 Å². The molecule has 72 valence electrons. The fourth-order valence-corrected chi connectivity index (χ4v) is 1.50. The summed E-state index contributed by atoms with van der Waals surface area (Å²) in [6, 6.07) is 1.68. The lowest BCUT2D eigenvalue weighted by molar-refractivity contribution is 0.102. The van der Waals surface area contributed by atoms with Gasteiger partial charge in [-0.1, -0.05) is 0 Å². The first kappa shape index (κ1) is 8.89. The molecule has 0 saturated heterocycles. The molecule has 6 heteroatoms. The number of aromatic nitrogens is 3. The van der Waals surface area contributed by atoms with Gasteiger partial charge >= 0.3 is 0 Å². The topological polar surface area (TPSA) is 70.7 Å². The molecule has 0 aromatic carbocycles. The highest BCUT2D eigenvalue weighted by molar-refractivity contribution is 7.13. The van der Waals surface area contributed by atoms with Crippen LogP contribution in [0.1, 0.15) is 16.2 Å². The molecule has 0 aliphatic rings. The molecule has 2 aromatic heterocycles. The normalized spacial score (nSPS) is 10.1. The van der Waals surface area contributed by atoms with Gasteiger partial charge < -0.3 is 0 Å². The van der Waals surface area contributed by atoms with Crippen LogP contribution in [0.25, 0.3) is 0 Å². The van der Waals surface area contributed by atoms with Gasteiger partial charge in [0.25, 0.3) is 5.91 Å². The quantitative estimate of drug-likeness (QED) is 0.784. The number of carbonyl (C=O) groups excluding carboxylic acids is 1. The van der Waals surface area contributed by atoms with Gasteiger partial charge in [-0.25, -0.2) is 4.98 Å². The number of amides is 1. The van der Waals surface area contributed by atoms with Crippen LogP contribution in [0.2, 0.25) is 0 Å². The Balaban J connectivity index is 2.10. The molecule has 0 saturated carbocycles. The van der Waals surface area contributed by atoms with Crippen molar-refractivity contribution in [2.24, 2.45) is 0 Å². The summed E-state index contributed by atoms with van der Waals surface area (Å²) in [6.45, 7) is 1.84. The summed E-state index contributed by atoms with van der Waals surface area (Å²) in [7, 11) is 0. The monoisotopic (exact) mass is 208 g/mol. The predicted octanol–water partition coefficient (Wildman–Crippen LogP) is 1.43. The third kappa shape index (κ3) is 1.80. The second-order valence-electron chi connectivity index (χ2n) is 2.73. The van der Waals surface area contributed by atoms with E-state index in [4.69, 9.17) is 0 Å². The molecule has 14 heavy (non-hydrogen) atoms. The molecule has 0 aliphatic carbocycles. The lowest BCUT2D eigenvalue weighted by atomic mass is 10.3. The molecular formula is C8H8N4OS. The van der Waals surface area contributed by atoms with E-state index >= 15 is 0 Å². The van der Waals surface area contributed by atoms with Crippen molar-refractivity contribution in [3.05, 3.63) is 29.0 Å². The molecule has 2 N–H and O–H groups in total. The highest BCUT2D eigenvalue weighted by Gasteiger charge is 2.09. The number of hydrogen-bond acceptors (Lipinski definition) is 4. The summed E-state index contributed by atoms with van der Waals surface area (Å²) in [4.78, 5) is 15.4. The second-order valence-corrected chi connectivity index (χ2v) is 3.62. The van der Waals surface area contributed by atoms with Crippen molar-refractivity contribution in [3.8, 4) is 0 Å². The minimum absolute atomic E-state index is 0.246. The molecule has 2 aromatic rings. The van der Waals surface area contributed by atoms with Gasteiger partial charge in [-0.15, -0.1) is 11.3 Å². The fourth-order valence-electron chi connectivity index (χ4n) is 0.981. The average Bonchev–Trinajstić information content (AvgIpc) is 2.75. The van der Waals surface area contributed by atoms with Gasteiger partial charge in [0.1, 0.15) is 0 Å². The number of H-pyrrole nitrogens is 1. The summed E-state index contributed by atoms with van der Waals surface area (Å²) in [5, 5.41) is 11.6. The molecule has 0 spiro atoms. The molecule has 2 heterocycles. The fraction of sp³-hybridized carbons (Fsp3) is 0.125. The highest BCUT2D eigenvalue weighted by Crippen LogP contribution is 2.11. The van der Waals surface area contributed by atoms with E-state index in [1.165, 1.54) is 11.3 Å². The maximum absolute atomic E-state index is 11.5. The first-order valence-corrected chi connectivity index (χ1v) is 4.86. The lowest BCUT2D eigenvalue weighted by Gasteiger charge is -1.95. The number of rotatable bonds is 2. The number of carbonyl (C=O) groups is 1. The number of hydrogen-bond donors (Lipinski definition) is 2. The first-order chi connectivity index (χ1) is 6.75. The van der Waals surface area contributed by atoms with E-state index in [0.717, 1.165) is 5.69 Å². The molecule has 5 nitrogen and oxygen atoms in total. The van der Waals surface area contributed by atoms with Crippen LogP contribution >= 0.6 is 11.3 Å². The summed E-state index contributed by atoms with van der Waals surface area (Å²) in [6.07, 6.45) is 1.63.